The number of halogens is 2. The molecular weight excluding hydrogens is 279 g/mol. The van der Waals surface area contributed by atoms with Gasteiger partial charge in [-0.3, -0.25) is 0 Å². The number of rotatable bonds is 3. The average Bonchev–Trinajstić information content (AvgIpc) is 2.16. The molecule has 90 valence electrons. The summed E-state index contributed by atoms with van der Waals surface area (Å²) in [5.74, 6) is -0.122. The first-order valence-electron chi connectivity index (χ1n) is 4.65. The van der Waals surface area contributed by atoms with Gasteiger partial charge in [0, 0.05) is 5.56 Å². The van der Waals surface area contributed by atoms with Crippen molar-refractivity contribution < 1.29 is 19.0 Å². The predicted molar refractivity (Wildman–Crippen MR) is 62.4 cm³/mol. The molecule has 0 aliphatic carbocycles. The van der Waals surface area contributed by atoms with Gasteiger partial charge in [0.2, 0.25) is 0 Å². The van der Waals surface area contributed by atoms with Crippen LogP contribution in [0.4, 0.5) is 4.39 Å². The lowest BCUT2D eigenvalue weighted by Crippen LogP contribution is -2.17. The van der Waals surface area contributed by atoms with Crippen molar-refractivity contribution in [2.45, 2.75) is 19.4 Å². The summed E-state index contributed by atoms with van der Waals surface area (Å²) in [5, 5.41) is 9.91. The molecule has 0 amide bonds. The second kappa shape index (κ2) is 4.59. The third kappa shape index (κ3) is 2.30. The molecule has 0 bridgehead atoms. The summed E-state index contributed by atoms with van der Waals surface area (Å²) in [7, 11) is 2.82. The Morgan fingerprint density at radius 2 is 1.75 bits per heavy atom. The minimum absolute atomic E-state index is 0.0600. The molecule has 0 unspecified atom stereocenters. The van der Waals surface area contributed by atoms with Gasteiger partial charge in [0.05, 0.1) is 19.8 Å². The van der Waals surface area contributed by atoms with Gasteiger partial charge in [-0.1, -0.05) is 0 Å². The van der Waals surface area contributed by atoms with Crippen LogP contribution in [-0.2, 0) is 5.60 Å². The molecule has 0 heterocycles. The van der Waals surface area contributed by atoms with E-state index in [0.29, 0.717) is 15.8 Å². The lowest BCUT2D eigenvalue weighted by Gasteiger charge is -2.23. The Labute approximate surface area is 102 Å². The van der Waals surface area contributed by atoms with E-state index in [1.54, 1.807) is 13.8 Å². The van der Waals surface area contributed by atoms with Crippen molar-refractivity contribution in [3.63, 3.8) is 0 Å². The minimum Gasteiger partial charge on any atom is -0.495 e. The quantitative estimate of drug-likeness (QED) is 0.931. The standard InChI is InChI=1S/C11H14BrFO3/c1-11(2,14)6-5-7(13)10(16-4)8(12)9(6)15-3/h5,14H,1-4H3. The van der Waals surface area contributed by atoms with E-state index < -0.39 is 11.4 Å². The number of ether oxygens (including phenoxy) is 2. The highest BCUT2D eigenvalue weighted by Gasteiger charge is 2.27. The zero-order valence-electron chi connectivity index (χ0n) is 9.60. The van der Waals surface area contributed by atoms with Crippen LogP contribution in [0.5, 0.6) is 11.5 Å². The van der Waals surface area contributed by atoms with E-state index in [4.69, 9.17) is 9.47 Å². The van der Waals surface area contributed by atoms with Crippen molar-refractivity contribution in [3.05, 3.63) is 21.9 Å². The topological polar surface area (TPSA) is 38.7 Å². The normalized spacial score (nSPS) is 11.4. The summed E-state index contributed by atoms with van der Waals surface area (Å²) < 4.78 is 24.0. The fraction of sp³-hybridized carbons (Fsp3) is 0.455. The van der Waals surface area contributed by atoms with Crippen molar-refractivity contribution >= 4 is 15.9 Å². The Morgan fingerprint density at radius 3 is 2.12 bits per heavy atom. The Hall–Kier alpha value is -0.810. The Morgan fingerprint density at radius 1 is 1.25 bits per heavy atom. The van der Waals surface area contributed by atoms with E-state index in [9.17, 15) is 9.50 Å². The Balaban J connectivity index is 3.53. The molecule has 0 aliphatic rings. The van der Waals surface area contributed by atoms with Gasteiger partial charge in [0.25, 0.3) is 0 Å². The molecule has 0 saturated carbocycles. The van der Waals surface area contributed by atoms with E-state index in [2.05, 4.69) is 15.9 Å². The maximum absolute atomic E-state index is 13.6. The molecule has 1 N–H and O–H groups in total. The molecule has 0 radical (unpaired) electrons. The molecule has 1 aromatic carbocycles. The lowest BCUT2D eigenvalue weighted by molar-refractivity contribution is 0.0750. The minimum atomic E-state index is -1.19. The fourth-order valence-electron chi connectivity index (χ4n) is 1.43. The maximum Gasteiger partial charge on any atom is 0.172 e. The highest BCUT2D eigenvalue weighted by Crippen LogP contribution is 2.42. The van der Waals surface area contributed by atoms with E-state index in [-0.39, 0.29) is 5.75 Å². The van der Waals surface area contributed by atoms with Gasteiger partial charge in [-0.25, -0.2) is 4.39 Å². The highest BCUT2D eigenvalue weighted by atomic mass is 79.9. The summed E-state index contributed by atoms with van der Waals surface area (Å²) in [6.07, 6.45) is 0. The number of hydrogen-bond donors (Lipinski definition) is 1. The smallest absolute Gasteiger partial charge is 0.172 e. The summed E-state index contributed by atoms with van der Waals surface area (Å²) >= 11 is 3.19. The summed E-state index contributed by atoms with van der Waals surface area (Å²) in [5.41, 5.74) is -0.832. The predicted octanol–water partition coefficient (Wildman–Crippen LogP) is 2.83. The molecule has 0 fully saturated rings. The molecular formula is C11H14BrFO3. The van der Waals surface area contributed by atoms with Crippen LogP contribution in [0.15, 0.2) is 10.5 Å². The van der Waals surface area contributed by atoms with Crippen molar-refractivity contribution in [1.29, 1.82) is 0 Å². The SMILES string of the molecule is COc1c(F)cc(C(C)(C)O)c(OC)c1Br. The third-order valence-corrected chi connectivity index (χ3v) is 2.92. The van der Waals surface area contributed by atoms with Gasteiger partial charge in [0.15, 0.2) is 11.6 Å². The van der Waals surface area contributed by atoms with Crippen LogP contribution in [0.2, 0.25) is 0 Å². The summed E-state index contributed by atoms with van der Waals surface area (Å²) in [4.78, 5) is 0. The second-order valence-corrected chi connectivity index (χ2v) is 4.64. The van der Waals surface area contributed by atoms with Crippen LogP contribution in [0, 0.1) is 5.82 Å². The largest absolute Gasteiger partial charge is 0.495 e. The van der Waals surface area contributed by atoms with Crippen LogP contribution >= 0.6 is 15.9 Å². The molecule has 1 aromatic rings. The van der Waals surface area contributed by atoms with E-state index in [1.807, 2.05) is 0 Å². The molecule has 3 nitrogen and oxygen atoms in total. The first-order valence-corrected chi connectivity index (χ1v) is 5.45. The third-order valence-electron chi connectivity index (χ3n) is 2.20. The van der Waals surface area contributed by atoms with Crippen molar-refractivity contribution in [2.24, 2.45) is 0 Å². The maximum atomic E-state index is 13.6. The molecule has 0 aliphatic heterocycles. The monoisotopic (exact) mass is 292 g/mol. The Bertz CT molecular complexity index is 399. The number of benzene rings is 1. The van der Waals surface area contributed by atoms with Gasteiger partial charge in [-0.2, -0.15) is 0 Å². The molecule has 5 heteroatoms. The second-order valence-electron chi connectivity index (χ2n) is 3.85. The van der Waals surface area contributed by atoms with Crippen molar-refractivity contribution in [3.8, 4) is 11.5 Å². The van der Waals surface area contributed by atoms with Crippen molar-refractivity contribution in [1.82, 2.24) is 0 Å². The lowest BCUT2D eigenvalue weighted by atomic mass is 9.97. The molecule has 16 heavy (non-hydrogen) atoms. The van der Waals surface area contributed by atoms with Crippen LogP contribution < -0.4 is 9.47 Å². The van der Waals surface area contributed by atoms with E-state index in [1.165, 1.54) is 20.3 Å². The van der Waals surface area contributed by atoms with E-state index in [0.717, 1.165) is 0 Å². The van der Waals surface area contributed by atoms with Crippen molar-refractivity contribution in [2.75, 3.05) is 14.2 Å². The van der Waals surface area contributed by atoms with Gasteiger partial charge >= 0.3 is 0 Å². The van der Waals surface area contributed by atoms with Gasteiger partial charge in [-0.05, 0) is 35.8 Å². The summed E-state index contributed by atoms with van der Waals surface area (Å²) in [6, 6.07) is 1.21. The van der Waals surface area contributed by atoms with E-state index >= 15 is 0 Å². The van der Waals surface area contributed by atoms with Gasteiger partial charge in [-0.15, -0.1) is 0 Å². The zero-order valence-corrected chi connectivity index (χ0v) is 11.2. The first-order chi connectivity index (χ1) is 7.32. The molecule has 0 spiro atoms. The first kappa shape index (κ1) is 13.3. The number of hydrogen-bond acceptors (Lipinski definition) is 3. The zero-order chi connectivity index (χ0) is 12.5. The van der Waals surface area contributed by atoms with Crippen LogP contribution in [0.3, 0.4) is 0 Å². The molecule has 1 rings (SSSR count). The number of methoxy groups -OCH3 is 2. The average molecular weight is 293 g/mol. The fourth-order valence-corrected chi connectivity index (χ4v) is 2.15. The summed E-state index contributed by atoms with van der Waals surface area (Å²) in [6.45, 7) is 3.12. The van der Waals surface area contributed by atoms with Gasteiger partial charge in [0.1, 0.15) is 10.2 Å². The molecule has 0 aromatic heterocycles. The Kier molecular flexibility index (Phi) is 3.80. The number of aliphatic hydroxyl groups is 1. The van der Waals surface area contributed by atoms with Crippen LogP contribution in [0.1, 0.15) is 19.4 Å². The highest BCUT2D eigenvalue weighted by molar-refractivity contribution is 9.10. The van der Waals surface area contributed by atoms with Gasteiger partial charge < -0.3 is 14.6 Å². The van der Waals surface area contributed by atoms with Crippen LogP contribution in [0.25, 0.3) is 0 Å². The van der Waals surface area contributed by atoms with Crippen LogP contribution in [-0.4, -0.2) is 19.3 Å². The molecule has 0 atom stereocenters. The molecule has 0 saturated heterocycles.